The molecule has 0 aliphatic carbocycles. The normalized spacial score (nSPS) is 13.6. The Morgan fingerprint density at radius 1 is 1.21 bits per heavy atom. The lowest BCUT2D eigenvalue weighted by atomic mass is 10.2. The average molecular weight is 330 g/mol. The van der Waals surface area contributed by atoms with Gasteiger partial charge in [-0.2, -0.15) is 19.8 Å². The number of ether oxygens (including phenoxy) is 1. The molecule has 0 radical (unpaired) electrons. The summed E-state index contributed by atoms with van der Waals surface area (Å²) in [6.45, 7) is 0. The van der Waals surface area contributed by atoms with Crippen molar-refractivity contribution in [2.45, 2.75) is 0 Å². The largest absolute Gasteiger partial charge is 0.463 e. The quantitative estimate of drug-likeness (QED) is 0.814. The Morgan fingerprint density at radius 2 is 1.88 bits per heavy atom. The molecule has 0 saturated heterocycles. The van der Waals surface area contributed by atoms with E-state index in [4.69, 9.17) is 0 Å². The lowest BCUT2D eigenvalue weighted by Gasteiger charge is -2.27. The Bertz CT molecular complexity index is 897. The Labute approximate surface area is 134 Å². The number of benzene rings is 1. The number of carbonyl (C=O) groups excluding carboxylic acids is 3. The van der Waals surface area contributed by atoms with E-state index in [1.165, 1.54) is 31.5 Å². The predicted octanol–water partition coefficient (Wildman–Crippen LogP) is 0.975. The predicted molar refractivity (Wildman–Crippen MR) is 79.0 cm³/mol. The maximum Gasteiger partial charge on any atom is 0.434 e. The van der Waals surface area contributed by atoms with Gasteiger partial charge in [0.2, 0.25) is 0 Å². The van der Waals surface area contributed by atoms with Crippen molar-refractivity contribution in [3.05, 3.63) is 36.5 Å². The molecule has 10 nitrogen and oxygen atoms in total. The SMILES string of the molecule is COC(=O)n1ncc2c(N(C(=O)O)N3C(=O)C=CC3=O)cccc21. The van der Waals surface area contributed by atoms with E-state index in [1.807, 2.05) is 0 Å². The molecule has 0 bridgehead atoms. The fourth-order valence-electron chi connectivity index (χ4n) is 2.34. The van der Waals surface area contributed by atoms with E-state index in [0.29, 0.717) is 10.0 Å². The molecule has 1 aliphatic heterocycles. The van der Waals surface area contributed by atoms with Gasteiger partial charge < -0.3 is 9.84 Å². The Kier molecular flexibility index (Phi) is 3.49. The number of fused-ring (bicyclic) bond motifs is 1. The zero-order valence-electron chi connectivity index (χ0n) is 12.2. The fraction of sp³-hybridized carbons (Fsp3) is 0.0714. The summed E-state index contributed by atoms with van der Waals surface area (Å²) in [5.41, 5.74) is 0.262. The zero-order valence-corrected chi connectivity index (χ0v) is 12.2. The summed E-state index contributed by atoms with van der Waals surface area (Å²) in [6.07, 6.45) is 0.875. The van der Waals surface area contributed by atoms with Crippen molar-refractivity contribution in [1.29, 1.82) is 0 Å². The molecule has 122 valence electrons. The lowest BCUT2D eigenvalue weighted by molar-refractivity contribution is -0.137. The number of methoxy groups -OCH3 is 1. The molecule has 0 saturated carbocycles. The van der Waals surface area contributed by atoms with Crippen LogP contribution in [0.15, 0.2) is 36.5 Å². The monoisotopic (exact) mass is 330 g/mol. The highest BCUT2D eigenvalue weighted by Crippen LogP contribution is 2.29. The second-order valence-electron chi connectivity index (χ2n) is 4.65. The summed E-state index contributed by atoms with van der Waals surface area (Å²) in [5, 5.41) is 14.6. The molecular weight excluding hydrogens is 320 g/mol. The Balaban J connectivity index is 2.18. The number of anilines is 1. The number of imide groups is 1. The van der Waals surface area contributed by atoms with Gasteiger partial charge in [-0.15, -0.1) is 0 Å². The summed E-state index contributed by atoms with van der Waals surface area (Å²) in [5.74, 6) is -1.58. The minimum atomic E-state index is -1.54. The number of carbonyl (C=O) groups is 4. The molecular formula is C14H10N4O6. The van der Waals surface area contributed by atoms with Gasteiger partial charge in [0, 0.05) is 17.5 Å². The van der Waals surface area contributed by atoms with Crippen molar-refractivity contribution in [1.82, 2.24) is 14.8 Å². The second-order valence-corrected chi connectivity index (χ2v) is 4.65. The van der Waals surface area contributed by atoms with Crippen LogP contribution in [-0.2, 0) is 14.3 Å². The van der Waals surface area contributed by atoms with Gasteiger partial charge in [0.1, 0.15) is 0 Å². The number of rotatable bonds is 2. The second kappa shape index (κ2) is 5.50. The smallest absolute Gasteiger partial charge is 0.434 e. The van der Waals surface area contributed by atoms with Crippen LogP contribution in [0.3, 0.4) is 0 Å². The first-order valence-electron chi connectivity index (χ1n) is 6.60. The summed E-state index contributed by atoms with van der Waals surface area (Å²) >= 11 is 0. The van der Waals surface area contributed by atoms with Gasteiger partial charge in [-0.3, -0.25) is 9.59 Å². The first-order chi connectivity index (χ1) is 11.5. The minimum absolute atomic E-state index is 0.000512. The third-order valence-electron chi connectivity index (χ3n) is 3.33. The highest BCUT2D eigenvalue weighted by Gasteiger charge is 2.35. The van der Waals surface area contributed by atoms with Crippen molar-refractivity contribution in [3.8, 4) is 0 Å². The molecule has 24 heavy (non-hydrogen) atoms. The van der Waals surface area contributed by atoms with Gasteiger partial charge in [-0.25, -0.2) is 9.59 Å². The highest BCUT2D eigenvalue weighted by atomic mass is 16.5. The Hall–Kier alpha value is -3.69. The number of hydrogen-bond donors (Lipinski definition) is 1. The van der Waals surface area contributed by atoms with Crippen LogP contribution in [0, 0.1) is 0 Å². The number of aromatic nitrogens is 2. The topological polar surface area (TPSA) is 122 Å². The standard InChI is InChI=1S/C14H10N4O6/c1-24-14(23)16-9-3-2-4-10(8(9)7-15-16)17(13(21)22)18-11(19)5-6-12(18)20/h2-7H,1H3,(H,21,22). The first-order valence-corrected chi connectivity index (χ1v) is 6.60. The summed E-state index contributed by atoms with van der Waals surface area (Å²) in [7, 11) is 1.18. The van der Waals surface area contributed by atoms with Gasteiger partial charge in [0.25, 0.3) is 11.8 Å². The van der Waals surface area contributed by atoms with Crippen molar-refractivity contribution < 1.29 is 29.0 Å². The van der Waals surface area contributed by atoms with E-state index in [-0.39, 0.29) is 16.6 Å². The first kappa shape index (κ1) is 15.2. The van der Waals surface area contributed by atoms with Crippen LogP contribution in [0.2, 0.25) is 0 Å². The van der Waals surface area contributed by atoms with Crippen LogP contribution in [0.25, 0.3) is 10.9 Å². The molecule has 2 heterocycles. The number of carboxylic acid groups (broad SMARTS) is 1. The van der Waals surface area contributed by atoms with E-state index >= 15 is 0 Å². The summed E-state index contributed by atoms with van der Waals surface area (Å²) < 4.78 is 5.52. The van der Waals surface area contributed by atoms with Crippen molar-refractivity contribution in [3.63, 3.8) is 0 Å². The van der Waals surface area contributed by atoms with E-state index in [1.54, 1.807) is 0 Å². The maximum atomic E-state index is 11.8. The van der Waals surface area contributed by atoms with Gasteiger partial charge in [-0.05, 0) is 12.1 Å². The fourth-order valence-corrected chi connectivity index (χ4v) is 2.34. The third-order valence-corrected chi connectivity index (χ3v) is 3.33. The molecule has 2 aromatic rings. The van der Waals surface area contributed by atoms with E-state index in [9.17, 15) is 24.3 Å². The Morgan fingerprint density at radius 3 is 2.46 bits per heavy atom. The van der Waals surface area contributed by atoms with E-state index < -0.39 is 24.0 Å². The molecule has 0 spiro atoms. The molecule has 0 unspecified atom stereocenters. The van der Waals surface area contributed by atoms with E-state index in [2.05, 4.69) is 9.84 Å². The molecule has 1 N–H and O–H groups in total. The molecule has 10 heteroatoms. The van der Waals surface area contributed by atoms with Crippen LogP contribution >= 0.6 is 0 Å². The van der Waals surface area contributed by atoms with Crippen molar-refractivity contribution in [2.24, 2.45) is 0 Å². The van der Waals surface area contributed by atoms with Gasteiger partial charge in [-0.1, -0.05) is 6.07 Å². The molecule has 0 fully saturated rings. The number of hydrogen-bond acceptors (Lipinski definition) is 6. The zero-order chi connectivity index (χ0) is 17.4. The lowest BCUT2D eigenvalue weighted by Crippen LogP contribution is -2.49. The molecule has 3 amide bonds. The minimum Gasteiger partial charge on any atom is -0.463 e. The molecule has 3 rings (SSSR count). The number of amides is 3. The van der Waals surface area contributed by atoms with Gasteiger partial charge in [0.05, 0.1) is 24.5 Å². The van der Waals surface area contributed by atoms with Gasteiger partial charge in [0.15, 0.2) is 0 Å². The highest BCUT2D eigenvalue weighted by molar-refractivity contribution is 6.17. The average Bonchev–Trinajstić information content (AvgIpc) is 3.13. The molecule has 1 aliphatic rings. The maximum absolute atomic E-state index is 11.8. The van der Waals surface area contributed by atoms with Crippen molar-refractivity contribution in [2.75, 3.05) is 12.1 Å². The summed E-state index contributed by atoms with van der Waals surface area (Å²) in [6, 6.07) is 4.38. The molecule has 0 atom stereocenters. The van der Waals surface area contributed by atoms with Gasteiger partial charge >= 0.3 is 12.2 Å². The van der Waals surface area contributed by atoms with Crippen LogP contribution < -0.4 is 5.01 Å². The van der Waals surface area contributed by atoms with Crippen LogP contribution in [0.1, 0.15) is 0 Å². The number of hydrazine groups is 1. The van der Waals surface area contributed by atoms with E-state index in [0.717, 1.165) is 16.8 Å². The molecule has 1 aromatic heterocycles. The van der Waals surface area contributed by atoms with Crippen LogP contribution in [0.4, 0.5) is 15.3 Å². The summed E-state index contributed by atoms with van der Waals surface area (Å²) in [4.78, 5) is 47.0. The third kappa shape index (κ3) is 2.17. The number of nitrogens with zero attached hydrogens (tertiary/aromatic N) is 4. The molecule has 1 aromatic carbocycles. The van der Waals surface area contributed by atoms with Crippen molar-refractivity contribution >= 4 is 40.6 Å². The van der Waals surface area contributed by atoms with Crippen LogP contribution in [0.5, 0.6) is 0 Å². The van der Waals surface area contributed by atoms with Crippen LogP contribution in [-0.4, -0.2) is 51.0 Å².